The van der Waals surface area contributed by atoms with Gasteiger partial charge >= 0.3 is 11.9 Å². The number of likely N-dealkylation sites (N-methyl/N-ethyl adjacent to an activating group) is 1. The highest BCUT2D eigenvalue weighted by molar-refractivity contribution is 6.32. The number of hydrogen-bond acceptors (Lipinski definition) is 8. The van der Waals surface area contributed by atoms with Crippen LogP contribution in [0.15, 0.2) is 97.1 Å². The van der Waals surface area contributed by atoms with Crippen LogP contribution in [0.1, 0.15) is 114 Å². The first kappa shape index (κ1) is 62.8. The fraction of sp³-hybridized carbons (Fsp3) is 0.358. The molecule has 2 fully saturated rings. The van der Waals surface area contributed by atoms with E-state index in [1.807, 2.05) is 74.5 Å². The highest BCUT2D eigenvalue weighted by Gasteiger charge is 2.42. The number of carboxylic acids is 1. The van der Waals surface area contributed by atoms with Gasteiger partial charge < -0.3 is 34.9 Å². The van der Waals surface area contributed by atoms with E-state index >= 15 is 0 Å². The molecule has 18 heteroatoms. The second-order valence-electron chi connectivity index (χ2n) is 15.9. The standard InChI is InChI=1S/C22H25ClN2O3.C16H10ClF5O3.C11H13NO2.4CH4/c1-14(2)28-19-10-9-16(13-18(19)23)22(27)25-12-11-17(20(25)21(26)24-3)15-7-5-4-6-8-15;1-6(2)24-9-4-3-7(5-8(9)17)16(23)25-15-13(21)11(19)10(18)12(20)14(15)22;13-11(14)10-9(6-7-12-10)8-4-2-1-3-5-8;;;;/h4-10,13-14,17,20H,11-12H2,1-3H3,(H,24,26);3-6H,1-2H3;1-5,9-10,12H,6-7H2,(H,13,14);4*1H4/t17-,20+;;9-,10+;;;;/m1.1..../s1. The van der Waals surface area contributed by atoms with E-state index in [1.165, 1.54) is 6.07 Å². The van der Waals surface area contributed by atoms with E-state index in [0.717, 1.165) is 42.6 Å². The first-order chi connectivity index (χ1) is 31.8. The first-order valence-corrected chi connectivity index (χ1v) is 21.8. The second-order valence-corrected chi connectivity index (χ2v) is 16.7. The van der Waals surface area contributed by atoms with Gasteiger partial charge in [-0.15, -0.1) is 0 Å². The molecule has 5 aromatic rings. The zero-order valence-corrected chi connectivity index (χ0v) is 38.4. The van der Waals surface area contributed by atoms with Gasteiger partial charge in [0.25, 0.3) is 5.91 Å². The smallest absolute Gasteiger partial charge is 0.343 e. The van der Waals surface area contributed by atoms with E-state index in [4.69, 9.17) is 37.8 Å². The third-order valence-electron chi connectivity index (χ3n) is 10.6. The molecule has 0 aromatic heterocycles. The summed E-state index contributed by atoms with van der Waals surface area (Å²) >= 11 is 12.2. The van der Waals surface area contributed by atoms with Crippen LogP contribution < -0.4 is 24.8 Å². The fourth-order valence-corrected chi connectivity index (χ4v) is 7.97. The molecule has 0 spiro atoms. The Morgan fingerprint density at radius 1 is 0.662 bits per heavy atom. The van der Waals surface area contributed by atoms with Crippen molar-refractivity contribution in [3.63, 3.8) is 0 Å². The van der Waals surface area contributed by atoms with Crippen molar-refractivity contribution in [1.29, 1.82) is 0 Å². The summed E-state index contributed by atoms with van der Waals surface area (Å²) < 4.78 is 81.5. The highest BCUT2D eigenvalue weighted by Crippen LogP contribution is 2.36. The number of rotatable bonds is 11. The number of esters is 1. The van der Waals surface area contributed by atoms with Crippen LogP contribution in [-0.2, 0) is 9.59 Å². The normalized spacial score (nSPS) is 16.5. The van der Waals surface area contributed by atoms with Crippen LogP contribution in [0.3, 0.4) is 0 Å². The molecule has 5 aromatic carbocycles. The fourth-order valence-electron chi connectivity index (χ4n) is 7.52. The molecule has 0 aliphatic carbocycles. The van der Waals surface area contributed by atoms with Crippen molar-refractivity contribution in [1.82, 2.24) is 15.5 Å². The molecular formula is C53H64Cl2F5N3O8. The predicted octanol–water partition coefficient (Wildman–Crippen LogP) is 12.7. The number of likely N-dealkylation sites (tertiary alicyclic amines) is 1. The topological polar surface area (TPSA) is 144 Å². The summed E-state index contributed by atoms with van der Waals surface area (Å²) in [5.41, 5.74) is 2.35. The summed E-state index contributed by atoms with van der Waals surface area (Å²) in [6.07, 6.45) is 1.42. The summed E-state index contributed by atoms with van der Waals surface area (Å²) in [4.78, 5) is 50.3. The molecular weight excluding hydrogens is 972 g/mol. The number of amides is 2. The zero-order valence-electron chi connectivity index (χ0n) is 36.9. The number of carbonyl (C=O) groups excluding carboxylic acids is 3. The van der Waals surface area contributed by atoms with Crippen LogP contribution in [0.25, 0.3) is 0 Å². The Labute approximate surface area is 423 Å². The monoisotopic (exact) mass is 1040 g/mol. The van der Waals surface area contributed by atoms with Gasteiger partial charge in [0.15, 0.2) is 0 Å². The Kier molecular flexibility index (Phi) is 25.3. The van der Waals surface area contributed by atoms with Crippen molar-refractivity contribution >= 4 is 47.0 Å². The average molecular weight is 1040 g/mol. The molecule has 2 heterocycles. The van der Waals surface area contributed by atoms with E-state index in [0.29, 0.717) is 22.9 Å². The van der Waals surface area contributed by atoms with Crippen LogP contribution in [0.4, 0.5) is 22.0 Å². The number of nitrogens with zero attached hydrogens (tertiary/aromatic N) is 1. The minimum atomic E-state index is -2.35. The lowest BCUT2D eigenvalue weighted by Gasteiger charge is -2.27. The molecule has 0 bridgehead atoms. The second kappa shape index (κ2) is 28.6. The molecule has 2 aliphatic heterocycles. The molecule has 11 nitrogen and oxygen atoms in total. The van der Waals surface area contributed by atoms with E-state index in [1.54, 1.807) is 44.0 Å². The van der Waals surface area contributed by atoms with Gasteiger partial charge in [0.05, 0.1) is 27.8 Å². The zero-order chi connectivity index (χ0) is 49.1. The van der Waals surface area contributed by atoms with Crippen molar-refractivity contribution in [2.45, 2.75) is 106 Å². The summed E-state index contributed by atoms with van der Waals surface area (Å²) in [5.74, 6) is -14.6. The van der Waals surface area contributed by atoms with Crippen LogP contribution in [0, 0.1) is 29.1 Å². The van der Waals surface area contributed by atoms with Crippen molar-refractivity contribution < 1.29 is 60.4 Å². The van der Waals surface area contributed by atoms with Crippen molar-refractivity contribution in [2.24, 2.45) is 0 Å². The molecule has 2 saturated heterocycles. The molecule has 388 valence electrons. The Balaban J connectivity index is 0.000000542. The van der Waals surface area contributed by atoms with Gasteiger partial charge in [-0.3, -0.25) is 14.4 Å². The summed E-state index contributed by atoms with van der Waals surface area (Å²) in [6, 6.07) is 27.3. The molecule has 2 aliphatic rings. The van der Waals surface area contributed by atoms with Crippen molar-refractivity contribution in [3.8, 4) is 17.2 Å². The number of ether oxygens (including phenoxy) is 3. The number of nitrogens with one attached hydrogen (secondary N) is 2. The largest absolute Gasteiger partial charge is 0.489 e. The maximum absolute atomic E-state index is 13.5. The van der Waals surface area contributed by atoms with Crippen LogP contribution >= 0.6 is 23.2 Å². The van der Waals surface area contributed by atoms with E-state index in [-0.39, 0.29) is 81.9 Å². The lowest BCUT2D eigenvalue weighted by molar-refractivity contribution is -0.139. The first-order valence-electron chi connectivity index (χ1n) is 21.1. The number of benzene rings is 5. The summed E-state index contributed by atoms with van der Waals surface area (Å²) in [5, 5.41) is 15.1. The predicted molar refractivity (Wildman–Crippen MR) is 268 cm³/mol. The molecule has 7 rings (SSSR count). The van der Waals surface area contributed by atoms with E-state index in [9.17, 15) is 41.1 Å². The number of aliphatic carboxylic acids is 1. The molecule has 3 N–H and O–H groups in total. The van der Waals surface area contributed by atoms with Gasteiger partial charge in [0, 0.05) is 31.0 Å². The van der Waals surface area contributed by atoms with Crippen molar-refractivity contribution in [3.05, 3.63) is 158 Å². The number of halogens is 7. The van der Waals surface area contributed by atoms with Gasteiger partial charge in [-0.1, -0.05) is 114 Å². The Hall–Kier alpha value is -6.23. The maximum atomic E-state index is 13.5. The molecule has 71 heavy (non-hydrogen) atoms. The molecule has 4 atom stereocenters. The van der Waals surface area contributed by atoms with Crippen LogP contribution in [0.5, 0.6) is 17.2 Å². The minimum absolute atomic E-state index is 0. The maximum Gasteiger partial charge on any atom is 0.343 e. The minimum Gasteiger partial charge on any atom is -0.489 e. The summed E-state index contributed by atoms with van der Waals surface area (Å²) in [6.45, 7) is 8.60. The van der Waals surface area contributed by atoms with Gasteiger partial charge in [-0.05, 0) is 94.6 Å². The third kappa shape index (κ3) is 15.6. The van der Waals surface area contributed by atoms with E-state index in [2.05, 4.69) is 15.4 Å². The molecule has 0 saturated carbocycles. The number of carboxylic acid groups (broad SMARTS) is 1. The SMILES string of the molecule is C.C.C.C.CC(C)Oc1ccc(C(=O)Oc2c(F)c(F)c(F)c(F)c2F)cc1Cl.CNC(=O)[C@@H]1[C@@H](c2ccccc2)CCN1C(=O)c1ccc(OC(C)C)c(Cl)c1.O=C(O)[C@H]1NCC[C@@H]1c1ccccc1. The molecule has 0 radical (unpaired) electrons. The Morgan fingerprint density at radius 3 is 1.56 bits per heavy atom. The van der Waals surface area contributed by atoms with Crippen molar-refractivity contribution in [2.75, 3.05) is 20.1 Å². The lowest BCUT2D eigenvalue weighted by atomic mass is 9.91. The third-order valence-corrected chi connectivity index (χ3v) is 11.1. The molecule has 2 amide bonds. The average Bonchev–Trinajstić information content (AvgIpc) is 4.00. The van der Waals surface area contributed by atoms with E-state index < -0.39 is 58.9 Å². The summed E-state index contributed by atoms with van der Waals surface area (Å²) in [7, 11) is 1.60. The highest BCUT2D eigenvalue weighted by atomic mass is 35.5. The quantitative estimate of drug-likeness (QED) is 0.0387. The van der Waals surface area contributed by atoms with Crippen LogP contribution in [-0.4, -0.2) is 78.2 Å². The Morgan fingerprint density at radius 2 is 1.11 bits per heavy atom. The number of hydrogen-bond donors (Lipinski definition) is 3. The van der Waals surface area contributed by atoms with Crippen LogP contribution in [0.2, 0.25) is 10.0 Å². The van der Waals surface area contributed by atoms with Gasteiger partial charge in [0.2, 0.25) is 40.7 Å². The lowest BCUT2D eigenvalue weighted by Crippen LogP contribution is -2.47. The van der Waals surface area contributed by atoms with Gasteiger partial charge in [-0.25, -0.2) is 18.0 Å². The molecule has 0 unspecified atom stereocenters. The number of carbonyl (C=O) groups is 4. The van der Waals surface area contributed by atoms with Gasteiger partial charge in [-0.2, -0.15) is 8.78 Å². The van der Waals surface area contributed by atoms with Gasteiger partial charge in [0.1, 0.15) is 23.6 Å². The Bertz CT molecular complexity index is 2530.